The number of ether oxygens (including phenoxy) is 2. The van der Waals surface area contributed by atoms with E-state index >= 15 is 0 Å². The predicted octanol–water partition coefficient (Wildman–Crippen LogP) is 3.86. The standard InChI is InChI=1S/C17H17F3N4O3/c1-9-6-12(14-23-15(27-24-14)17(18,19)20)7-10(2)13(9)25-4-5-26-16-21-8-11(3)22-16/h6-8H,4-5H2,1-3H3,(H,21,22). The molecule has 0 aliphatic carbocycles. The van der Waals surface area contributed by atoms with Crippen LogP contribution in [0, 0.1) is 20.8 Å². The summed E-state index contributed by atoms with van der Waals surface area (Å²) in [6, 6.07) is 3.70. The van der Waals surface area contributed by atoms with E-state index in [-0.39, 0.29) is 19.0 Å². The van der Waals surface area contributed by atoms with Gasteiger partial charge in [-0.15, -0.1) is 0 Å². The van der Waals surface area contributed by atoms with Gasteiger partial charge in [0.1, 0.15) is 19.0 Å². The summed E-state index contributed by atoms with van der Waals surface area (Å²) in [4.78, 5) is 10.4. The molecule has 0 amide bonds. The number of aryl methyl sites for hydroxylation is 3. The molecule has 3 aromatic rings. The number of halogens is 3. The summed E-state index contributed by atoms with van der Waals surface area (Å²) in [5.41, 5.74) is 2.77. The van der Waals surface area contributed by atoms with Crippen LogP contribution in [-0.2, 0) is 6.18 Å². The molecule has 2 aromatic heterocycles. The fourth-order valence-corrected chi connectivity index (χ4v) is 2.51. The van der Waals surface area contributed by atoms with E-state index in [4.69, 9.17) is 9.47 Å². The molecule has 0 unspecified atom stereocenters. The summed E-state index contributed by atoms with van der Waals surface area (Å²) in [6.07, 6.45) is -3.02. The van der Waals surface area contributed by atoms with Gasteiger partial charge in [0.15, 0.2) is 0 Å². The molecule has 0 aliphatic heterocycles. The summed E-state index contributed by atoms with van der Waals surface area (Å²) < 4.78 is 53.2. The van der Waals surface area contributed by atoms with Crippen molar-refractivity contribution in [3.8, 4) is 23.1 Å². The number of rotatable bonds is 6. The fraction of sp³-hybridized carbons (Fsp3) is 0.353. The number of H-pyrrole nitrogens is 1. The van der Waals surface area contributed by atoms with Crippen LogP contribution in [0.1, 0.15) is 22.7 Å². The van der Waals surface area contributed by atoms with Crippen LogP contribution in [0.2, 0.25) is 0 Å². The van der Waals surface area contributed by atoms with E-state index in [2.05, 4.69) is 24.6 Å². The first kappa shape index (κ1) is 18.7. The number of benzene rings is 1. The van der Waals surface area contributed by atoms with E-state index in [1.165, 1.54) is 0 Å². The van der Waals surface area contributed by atoms with Crippen LogP contribution >= 0.6 is 0 Å². The van der Waals surface area contributed by atoms with Gasteiger partial charge in [-0.2, -0.15) is 18.2 Å². The third-order valence-electron chi connectivity index (χ3n) is 3.64. The van der Waals surface area contributed by atoms with Crippen LogP contribution in [0.3, 0.4) is 0 Å². The molecule has 144 valence electrons. The summed E-state index contributed by atoms with van der Waals surface area (Å²) in [5, 5.41) is 3.40. The van der Waals surface area contributed by atoms with Crippen molar-refractivity contribution in [1.82, 2.24) is 20.1 Å². The van der Waals surface area contributed by atoms with Gasteiger partial charge in [-0.05, 0) is 44.0 Å². The minimum absolute atomic E-state index is 0.128. The number of aromatic nitrogens is 4. The van der Waals surface area contributed by atoms with E-state index in [9.17, 15) is 13.2 Å². The molecule has 0 atom stereocenters. The zero-order chi connectivity index (χ0) is 19.6. The summed E-state index contributed by atoms with van der Waals surface area (Å²) in [5.74, 6) is -0.882. The van der Waals surface area contributed by atoms with Crippen molar-refractivity contribution in [2.75, 3.05) is 13.2 Å². The molecule has 1 N–H and O–H groups in total. The summed E-state index contributed by atoms with van der Waals surface area (Å²) >= 11 is 0. The van der Waals surface area contributed by atoms with Crippen molar-refractivity contribution in [3.63, 3.8) is 0 Å². The highest BCUT2D eigenvalue weighted by Gasteiger charge is 2.38. The van der Waals surface area contributed by atoms with Crippen LogP contribution in [-0.4, -0.2) is 33.3 Å². The van der Waals surface area contributed by atoms with Gasteiger partial charge in [0, 0.05) is 11.3 Å². The van der Waals surface area contributed by atoms with Crippen molar-refractivity contribution in [2.45, 2.75) is 26.9 Å². The molecule has 7 nitrogen and oxygen atoms in total. The van der Waals surface area contributed by atoms with Gasteiger partial charge in [-0.25, -0.2) is 4.98 Å². The average molecular weight is 382 g/mol. The van der Waals surface area contributed by atoms with Gasteiger partial charge >= 0.3 is 12.1 Å². The first-order valence-corrected chi connectivity index (χ1v) is 8.04. The SMILES string of the molecule is Cc1cnc(OCCOc2c(C)cc(-c3noc(C(F)(F)F)n3)cc2C)[nH]1. The Morgan fingerprint density at radius 3 is 2.30 bits per heavy atom. The van der Waals surface area contributed by atoms with Crippen LogP contribution in [0.25, 0.3) is 11.4 Å². The smallest absolute Gasteiger partial charge is 0.471 e. The number of nitrogens with zero attached hydrogens (tertiary/aromatic N) is 3. The van der Waals surface area contributed by atoms with E-state index in [0.29, 0.717) is 17.3 Å². The maximum atomic E-state index is 12.6. The number of hydrogen-bond donors (Lipinski definition) is 1. The monoisotopic (exact) mass is 382 g/mol. The van der Waals surface area contributed by atoms with E-state index in [1.54, 1.807) is 32.2 Å². The van der Waals surface area contributed by atoms with Crippen LogP contribution < -0.4 is 9.47 Å². The summed E-state index contributed by atoms with van der Waals surface area (Å²) in [6.45, 7) is 6.00. The molecule has 0 fully saturated rings. The first-order valence-electron chi connectivity index (χ1n) is 8.04. The third kappa shape index (κ3) is 4.39. The van der Waals surface area contributed by atoms with Crippen LogP contribution in [0.15, 0.2) is 22.9 Å². The molecule has 27 heavy (non-hydrogen) atoms. The summed E-state index contributed by atoms with van der Waals surface area (Å²) in [7, 11) is 0. The minimum atomic E-state index is -4.68. The Kier molecular flexibility index (Phi) is 5.06. The molecule has 10 heteroatoms. The zero-order valence-electron chi connectivity index (χ0n) is 14.8. The molecule has 0 saturated heterocycles. The van der Waals surface area contributed by atoms with Crippen molar-refractivity contribution < 1.29 is 27.2 Å². The molecule has 1 aromatic carbocycles. The molecule has 0 spiro atoms. The van der Waals surface area contributed by atoms with Crippen molar-refractivity contribution in [3.05, 3.63) is 41.0 Å². The second-order valence-electron chi connectivity index (χ2n) is 5.93. The highest BCUT2D eigenvalue weighted by atomic mass is 19.4. The van der Waals surface area contributed by atoms with Gasteiger partial charge in [0.25, 0.3) is 6.01 Å². The Bertz CT molecular complexity index is 911. The van der Waals surface area contributed by atoms with Gasteiger partial charge < -0.3 is 19.0 Å². The number of nitrogens with one attached hydrogen (secondary N) is 1. The molecule has 3 rings (SSSR count). The first-order chi connectivity index (χ1) is 12.7. The number of aromatic amines is 1. The lowest BCUT2D eigenvalue weighted by molar-refractivity contribution is -0.159. The topological polar surface area (TPSA) is 86.1 Å². The van der Waals surface area contributed by atoms with Gasteiger partial charge in [0.2, 0.25) is 5.82 Å². The average Bonchev–Trinajstić information content (AvgIpc) is 3.22. The minimum Gasteiger partial charge on any atom is -0.489 e. The number of hydrogen-bond acceptors (Lipinski definition) is 6. The molecular weight excluding hydrogens is 365 g/mol. The van der Waals surface area contributed by atoms with Gasteiger partial charge in [-0.1, -0.05) is 5.16 Å². The molecule has 0 bridgehead atoms. The van der Waals surface area contributed by atoms with Crippen molar-refractivity contribution >= 4 is 0 Å². The third-order valence-corrected chi connectivity index (χ3v) is 3.64. The molecule has 0 aliphatic rings. The normalized spacial score (nSPS) is 11.6. The van der Waals surface area contributed by atoms with Crippen LogP contribution in [0.5, 0.6) is 11.8 Å². The second kappa shape index (κ2) is 7.29. The van der Waals surface area contributed by atoms with E-state index in [0.717, 1.165) is 16.8 Å². The largest absolute Gasteiger partial charge is 0.489 e. The van der Waals surface area contributed by atoms with E-state index < -0.39 is 12.1 Å². The number of alkyl halides is 3. The quantitative estimate of drug-likeness (QED) is 0.652. The Hall–Kier alpha value is -3.04. The Morgan fingerprint density at radius 1 is 1.07 bits per heavy atom. The highest BCUT2D eigenvalue weighted by Crippen LogP contribution is 2.32. The van der Waals surface area contributed by atoms with Gasteiger partial charge in [0.05, 0.1) is 6.20 Å². The molecular formula is C17H17F3N4O3. The lowest BCUT2D eigenvalue weighted by Gasteiger charge is -2.13. The van der Waals surface area contributed by atoms with Gasteiger partial charge in [-0.3, -0.25) is 0 Å². The second-order valence-corrected chi connectivity index (χ2v) is 5.93. The maximum Gasteiger partial charge on any atom is 0.471 e. The Balaban J connectivity index is 1.66. The highest BCUT2D eigenvalue weighted by molar-refractivity contribution is 5.61. The maximum absolute atomic E-state index is 12.6. The van der Waals surface area contributed by atoms with Crippen LogP contribution in [0.4, 0.5) is 13.2 Å². The number of imidazole rings is 1. The molecule has 0 radical (unpaired) electrons. The lowest BCUT2D eigenvalue weighted by atomic mass is 10.1. The Labute approximate surface area is 152 Å². The zero-order valence-corrected chi connectivity index (χ0v) is 14.8. The Morgan fingerprint density at radius 2 is 1.74 bits per heavy atom. The fourth-order valence-electron chi connectivity index (χ4n) is 2.51. The predicted molar refractivity (Wildman–Crippen MR) is 88.5 cm³/mol. The lowest BCUT2D eigenvalue weighted by Crippen LogP contribution is -2.11. The van der Waals surface area contributed by atoms with Crippen molar-refractivity contribution in [2.24, 2.45) is 0 Å². The van der Waals surface area contributed by atoms with Crippen molar-refractivity contribution in [1.29, 1.82) is 0 Å². The van der Waals surface area contributed by atoms with E-state index in [1.807, 2.05) is 6.92 Å². The molecule has 2 heterocycles. The molecule has 0 saturated carbocycles.